The van der Waals surface area contributed by atoms with E-state index in [2.05, 4.69) is 0 Å². The molecule has 0 bridgehead atoms. The average Bonchev–Trinajstić information content (AvgIpc) is 2.74. The molecule has 0 aliphatic rings. The lowest BCUT2D eigenvalue weighted by molar-refractivity contribution is 0.330. The minimum atomic E-state index is -0.973. The Bertz CT molecular complexity index is 1420. The van der Waals surface area contributed by atoms with Gasteiger partial charge in [0.25, 0.3) is 0 Å². The van der Waals surface area contributed by atoms with Crippen molar-refractivity contribution in [3.63, 3.8) is 0 Å². The van der Waals surface area contributed by atoms with E-state index in [1.807, 2.05) is 66.7 Å². The van der Waals surface area contributed by atoms with Gasteiger partial charge in [-0.3, -0.25) is 0 Å². The van der Waals surface area contributed by atoms with Crippen molar-refractivity contribution >= 4 is 32.3 Å². The first-order chi connectivity index (χ1) is 14.0. The predicted molar refractivity (Wildman–Crippen MR) is 113 cm³/mol. The lowest BCUT2D eigenvalue weighted by Gasteiger charge is -2.17. The summed E-state index contributed by atoms with van der Waals surface area (Å²) in [6.45, 7) is 0. The Morgan fingerprint density at radius 1 is 0.379 bits per heavy atom. The van der Waals surface area contributed by atoms with Gasteiger partial charge in [-0.2, -0.15) is 0 Å². The van der Waals surface area contributed by atoms with Gasteiger partial charge in [-0.05, 0) is 50.5 Å². The fraction of sp³-hybridized carbons (Fsp3) is 0. The summed E-state index contributed by atoms with van der Waals surface area (Å²) in [5.41, 5.74) is 0.305. The largest absolute Gasteiger partial charge is 0.504 e. The number of rotatable bonds is 1. The molecule has 5 aromatic carbocycles. The molecule has 0 fully saturated rings. The molecule has 5 aromatic rings. The Morgan fingerprint density at radius 3 is 1.52 bits per heavy atom. The van der Waals surface area contributed by atoms with Crippen LogP contribution in [0.15, 0.2) is 66.7 Å². The molecule has 0 aliphatic heterocycles. The molecule has 5 nitrogen and oxygen atoms in total. The third-order valence-electron chi connectivity index (χ3n) is 5.35. The van der Waals surface area contributed by atoms with Crippen LogP contribution in [0, 0.1) is 0 Å². The standard InChI is InChI=1S/C24H16O5/c25-20-19(21(26)23(28)24(29)22(20)27)18-16-8-4-3-7-14(16)10-15-9-12-5-1-2-6-13(12)11-17(15)18/h1-11,25-29H. The zero-order chi connectivity index (χ0) is 20.3. The van der Waals surface area contributed by atoms with E-state index in [4.69, 9.17) is 0 Å². The second-order valence-corrected chi connectivity index (χ2v) is 7.01. The Labute approximate surface area is 165 Å². The summed E-state index contributed by atoms with van der Waals surface area (Å²) < 4.78 is 0. The minimum absolute atomic E-state index is 0.144. The third kappa shape index (κ3) is 2.34. The highest BCUT2D eigenvalue weighted by molar-refractivity contribution is 6.17. The van der Waals surface area contributed by atoms with E-state index in [1.54, 1.807) is 0 Å². The van der Waals surface area contributed by atoms with Crippen molar-refractivity contribution in [3.8, 4) is 39.9 Å². The van der Waals surface area contributed by atoms with E-state index in [9.17, 15) is 25.5 Å². The van der Waals surface area contributed by atoms with Gasteiger partial charge in [0.15, 0.2) is 11.5 Å². The van der Waals surface area contributed by atoms with Crippen LogP contribution in [0.2, 0.25) is 0 Å². The molecule has 142 valence electrons. The Kier molecular flexibility index (Phi) is 3.48. The van der Waals surface area contributed by atoms with Gasteiger partial charge >= 0.3 is 0 Å². The van der Waals surface area contributed by atoms with Crippen LogP contribution in [-0.4, -0.2) is 25.5 Å². The number of aromatic hydroxyl groups is 5. The first-order valence-electron chi connectivity index (χ1n) is 9.00. The minimum Gasteiger partial charge on any atom is -0.504 e. The SMILES string of the molecule is Oc1c(O)c(O)c(-c2c3ccccc3cc3cc4ccccc4cc23)c(O)c1O. The zero-order valence-corrected chi connectivity index (χ0v) is 15.1. The van der Waals surface area contributed by atoms with E-state index < -0.39 is 28.7 Å². The van der Waals surface area contributed by atoms with Gasteiger partial charge in [0.1, 0.15) is 0 Å². The van der Waals surface area contributed by atoms with E-state index in [0.717, 1.165) is 26.9 Å². The Morgan fingerprint density at radius 2 is 0.862 bits per heavy atom. The lowest BCUT2D eigenvalue weighted by Crippen LogP contribution is -1.89. The lowest BCUT2D eigenvalue weighted by atomic mass is 9.89. The van der Waals surface area contributed by atoms with Crippen LogP contribution in [-0.2, 0) is 0 Å². The first-order valence-corrected chi connectivity index (χ1v) is 9.00. The fourth-order valence-electron chi connectivity index (χ4n) is 3.95. The summed E-state index contributed by atoms with van der Waals surface area (Å²) in [4.78, 5) is 0. The maximum Gasteiger partial charge on any atom is 0.208 e. The first kappa shape index (κ1) is 17.0. The van der Waals surface area contributed by atoms with Crippen molar-refractivity contribution in [3.05, 3.63) is 66.7 Å². The molecule has 0 saturated heterocycles. The van der Waals surface area contributed by atoms with Crippen LogP contribution in [0.25, 0.3) is 43.4 Å². The summed E-state index contributed by atoms with van der Waals surface area (Å²) in [5, 5.41) is 56.3. The molecule has 0 heterocycles. The smallest absolute Gasteiger partial charge is 0.208 e. The molecule has 5 rings (SSSR count). The molecular weight excluding hydrogens is 368 g/mol. The van der Waals surface area contributed by atoms with Crippen LogP contribution in [0.4, 0.5) is 0 Å². The summed E-state index contributed by atoms with van der Waals surface area (Å²) in [5.74, 6) is -4.17. The molecule has 0 aliphatic carbocycles. The van der Waals surface area contributed by atoms with E-state index in [1.165, 1.54) is 0 Å². The molecular formula is C24H16O5. The number of hydrogen-bond donors (Lipinski definition) is 5. The van der Waals surface area contributed by atoms with Gasteiger partial charge in [0, 0.05) is 5.56 Å². The highest BCUT2D eigenvalue weighted by Crippen LogP contribution is 2.56. The molecule has 0 spiro atoms. The third-order valence-corrected chi connectivity index (χ3v) is 5.35. The normalized spacial score (nSPS) is 11.4. The maximum absolute atomic E-state index is 10.6. The topological polar surface area (TPSA) is 101 Å². The van der Waals surface area contributed by atoms with Gasteiger partial charge in [0.05, 0.1) is 5.56 Å². The summed E-state index contributed by atoms with van der Waals surface area (Å²) in [7, 11) is 0. The molecule has 29 heavy (non-hydrogen) atoms. The van der Waals surface area contributed by atoms with E-state index in [0.29, 0.717) is 10.9 Å². The van der Waals surface area contributed by atoms with Crippen molar-refractivity contribution in [2.24, 2.45) is 0 Å². The highest BCUT2D eigenvalue weighted by Gasteiger charge is 2.26. The van der Waals surface area contributed by atoms with Crippen molar-refractivity contribution < 1.29 is 25.5 Å². The van der Waals surface area contributed by atoms with Crippen molar-refractivity contribution in [1.82, 2.24) is 0 Å². The van der Waals surface area contributed by atoms with Crippen molar-refractivity contribution in [1.29, 1.82) is 0 Å². The monoisotopic (exact) mass is 384 g/mol. The Balaban J connectivity index is 2.06. The molecule has 0 unspecified atom stereocenters. The van der Waals surface area contributed by atoms with E-state index in [-0.39, 0.29) is 5.56 Å². The zero-order valence-electron chi connectivity index (χ0n) is 15.1. The molecule has 0 saturated carbocycles. The van der Waals surface area contributed by atoms with Gasteiger partial charge in [-0.25, -0.2) is 0 Å². The molecule has 0 atom stereocenters. The predicted octanol–water partition coefficient (Wildman–Crippen LogP) is 5.34. The van der Waals surface area contributed by atoms with Crippen LogP contribution in [0.3, 0.4) is 0 Å². The summed E-state index contributed by atoms with van der Waals surface area (Å²) in [6.07, 6.45) is 0. The molecule has 5 N–H and O–H groups in total. The highest BCUT2D eigenvalue weighted by atomic mass is 16.4. The van der Waals surface area contributed by atoms with Crippen LogP contribution in [0.5, 0.6) is 28.7 Å². The quantitative estimate of drug-likeness (QED) is 0.153. The Hall–Kier alpha value is -4.12. The van der Waals surface area contributed by atoms with Crippen LogP contribution >= 0.6 is 0 Å². The molecule has 5 heteroatoms. The van der Waals surface area contributed by atoms with Gasteiger partial charge < -0.3 is 25.5 Å². The summed E-state index contributed by atoms with van der Waals surface area (Å²) >= 11 is 0. The summed E-state index contributed by atoms with van der Waals surface area (Å²) in [6, 6.07) is 21.2. The van der Waals surface area contributed by atoms with Gasteiger partial charge in [-0.1, -0.05) is 48.5 Å². The van der Waals surface area contributed by atoms with Crippen molar-refractivity contribution in [2.75, 3.05) is 0 Å². The van der Waals surface area contributed by atoms with Crippen LogP contribution in [0.1, 0.15) is 0 Å². The molecule has 0 aromatic heterocycles. The second kappa shape index (κ2) is 5.94. The average molecular weight is 384 g/mol. The van der Waals surface area contributed by atoms with Gasteiger partial charge in [0.2, 0.25) is 17.2 Å². The fourth-order valence-corrected chi connectivity index (χ4v) is 3.95. The van der Waals surface area contributed by atoms with E-state index >= 15 is 0 Å². The number of phenols is 5. The second-order valence-electron chi connectivity index (χ2n) is 7.01. The number of fused-ring (bicyclic) bond motifs is 3. The number of benzene rings is 5. The molecule has 0 radical (unpaired) electrons. The van der Waals surface area contributed by atoms with Crippen molar-refractivity contribution in [2.45, 2.75) is 0 Å². The van der Waals surface area contributed by atoms with Crippen LogP contribution < -0.4 is 0 Å². The van der Waals surface area contributed by atoms with Gasteiger partial charge in [-0.15, -0.1) is 0 Å². The number of hydrogen-bond acceptors (Lipinski definition) is 5. The number of phenolic OH excluding ortho intramolecular Hbond substituents is 5. The maximum atomic E-state index is 10.6. The molecule has 0 amide bonds.